The Kier molecular flexibility index (Phi) is 4.74. The Bertz CT molecular complexity index is 820. The van der Waals surface area contributed by atoms with Crippen molar-refractivity contribution in [3.63, 3.8) is 0 Å². The smallest absolute Gasteiger partial charge is 0.116 e. The van der Waals surface area contributed by atoms with E-state index in [1.165, 1.54) is 0 Å². The molecule has 1 N–H and O–H groups in total. The lowest BCUT2D eigenvalue weighted by Gasteiger charge is -2.09. The fraction of sp³-hybridized carbons (Fsp3) is 0. The molecule has 0 aliphatic rings. The lowest BCUT2D eigenvalue weighted by Crippen LogP contribution is -1.83. The van der Waals surface area contributed by atoms with Crippen molar-refractivity contribution in [2.24, 2.45) is 0 Å². The van der Waals surface area contributed by atoms with Gasteiger partial charge >= 0.3 is 0 Å². The minimum Gasteiger partial charge on any atom is -0.508 e. The van der Waals surface area contributed by atoms with E-state index in [0.717, 1.165) is 22.3 Å². The van der Waals surface area contributed by atoms with Gasteiger partial charge in [-0.05, 0) is 64.7 Å². The first-order valence-corrected chi connectivity index (χ1v) is 8.20. The molecule has 0 bridgehead atoms. The summed E-state index contributed by atoms with van der Waals surface area (Å²) < 4.78 is 0. The largest absolute Gasteiger partial charge is 0.508 e. The Labute approximate surface area is 154 Å². The van der Waals surface area contributed by atoms with E-state index < -0.39 is 0 Å². The molecule has 1 nitrogen and oxygen atoms in total. The van der Waals surface area contributed by atoms with Crippen LogP contribution in [0.5, 0.6) is 5.75 Å². The molecule has 3 aromatic carbocycles. The SMILES string of the molecule is Oc1cc(-c2ccc(Cl)c(Cl)c2)cc(-c2ccc(Cl)c(Cl)c2)c1. The van der Waals surface area contributed by atoms with E-state index in [2.05, 4.69) is 0 Å². The molecule has 5 heteroatoms. The van der Waals surface area contributed by atoms with Crippen molar-refractivity contribution in [1.82, 2.24) is 0 Å². The molecule has 0 heterocycles. The van der Waals surface area contributed by atoms with Gasteiger partial charge in [0, 0.05) is 0 Å². The van der Waals surface area contributed by atoms with Gasteiger partial charge in [-0.3, -0.25) is 0 Å². The Morgan fingerprint density at radius 2 is 0.913 bits per heavy atom. The quantitative estimate of drug-likeness (QED) is 0.490. The van der Waals surface area contributed by atoms with E-state index in [1.807, 2.05) is 18.2 Å². The number of hydrogen-bond acceptors (Lipinski definition) is 1. The van der Waals surface area contributed by atoms with Crippen molar-refractivity contribution < 1.29 is 5.11 Å². The van der Waals surface area contributed by atoms with Crippen molar-refractivity contribution in [2.75, 3.05) is 0 Å². The van der Waals surface area contributed by atoms with E-state index in [9.17, 15) is 5.11 Å². The maximum absolute atomic E-state index is 10.0. The van der Waals surface area contributed by atoms with Gasteiger partial charge in [-0.1, -0.05) is 58.5 Å². The predicted octanol–water partition coefficient (Wildman–Crippen LogP) is 7.34. The normalized spacial score (nSPS) is 10.8. The zero-order valence-electron chi connectivity index (χ0n) is 11.7. The molecule has 0 spiro atoms. The van der Waals surface area contributed by atoms with Gasteiger partial charge in [0.25, 0.3) is 0 Å². The van der Waals surface area contributed by atoms with Crippen LogP contribution in [0.2, 0.25) is 20.1 Å². The maximum atomic E-state index is 10.0. The van der Waals surface area contributed by atoms with Crippen LogP contribution in [0.25, 0.3) is 22.3 Å². The zero-order chi connectivity index (χ0) is 16.6. The average molecular weight is 384 g/mol. The minimum absolute atomic E-state index is 0.148. The molecule has 0 aromatic heterocycles. The Balaban J connectivity index is 2.11. The standard InChI is InChI=1S/C18H10Cl4O/c19-15-3-1-10(8-17(15)21)12-5-13(7-14(23)6-12)11-2-4-16(20)18(22)9-11/h1-9,23H. The monoisotopic (exact) mass is 382 g/mol. The maximum Gasteiger partial charge on any atom is 0.116 e. The predicted molar refractivity (Wildman–Crippen MR) is 99.0 cm³/mol. The van der Waals surface area contributed by atoms with E-state index in [0.29, 0.717) is 20.1 Å². The van der Waals surface area contributed by atoms with E-state index in [-0.39, 0.29) is 5.75 Å². The summed E-state index contributed by atoms with van der Waals surface area (Å²) in [5.74, 6) is 0.148. The number of aromatic hydroxyl groups is 1. The van der Waals surface area contributed by atoms with Gasteiger partial charge in [-0.2, -0.15) is 0 Å². The van der Waals surface area contributed by atoms with Crippen LogP contribution in [0.3, 0.4) is 0 Å². The first-order chi connectivity index (χ1) is 10.9. The third-order valence-electron chi connectivity index (χ3n) is 3.42. The van der Waals surface area contributed by atoms with Crippen molar-refractivity contribution >= 4 is 46.4 Å². The van der Waals surface area contributed by atoms with Crippen LogP contribution < -0.4 is 0 Å². The molecule has 3 rings (SSSR count). The topological polar surface area (TPSA) is 20.2 Å². The molecule has 23 heavy (non-hydrogen) atoms. The van der Waals surface area contributed by atoms with Crippen molar-refractivity contribution in [1.29, 1.82) is 0 Å². The van der Waals surface area contributed by atoms with Gasteiger partial charge in [0.1, 0.15) is 5.75 Å². The number of hydrogen-bond donors (Lipinski definition) is 1. The van der Waals surface area contributed by atoms with Crippen LogP contribution in [0.1, 0.15) is 0 Å². The molecule has 0 saturated carbocycles. The Morgan fingerprint density at radius 1 is 0.478 bits per heavy atom. The first-order valence-electron chi connectivity index (χ1n) is 6.69. The average Bonchev–Trinajstić information content (AvgIpc) is 2.52. The van der Waals surface area contributed by atoms with Gasteiger partial charge in [0.15, 0.2) is 0 Å². The molecule has 0 saturated heterocycles. The van der Waals surface area contributed by atoms with E-state index in [4.69, 9.17) is 46.4 Å². The highest BCUT2D eigenvalue weighted by atomic mass is 35.5. The lowest BCUT2D eigenvalue weighted by atomic mass is 9.98. The van der Waals surface area contributed by atoms with E-state index >= 15 is 0 Å². The van der Waals surface area contributed by atoms with Crippen LogP contribution in [0.4, 0.5) is 0 Å². The van der Waals surface area contributed by atoms with Crippen molar-refractivity contribution in [2.45, 2.75) is 0 Å². The van der Waals surface area contributed by atoms with Gasteiger partial charge in [0.05, 0.1) is 20.1 Å². The number of phenols is 1. The van der Waals surface area contributed by atoms with Gasteiger partial charge in [0.2, 0.25) is 0 Å². The van der Waals surface area contributed by atoms with E-state index in [1.54, 1.807) is 36.4 Å². The fourth-order valence-corrected chi connectivity index (χ4v) is 2.89. The van der Waals surface area contributed by atoms with Crippen LogP contribution in [0.15, 0.2) is 54.6 Å². The van der Waals surface area contributed by atoms with Crippen LogP contribution in [-0.4, -0.2) is 5.11 Å². The Hall–Kier alpha value is -1.38. The summed E-state index contributed by atoms with van der Waals surface area (Å²) in [5, 5.41) is 11.9. The highest BCUT2D eigenvalue weighted by molar-refractivity contribution is 6.42. The highest BCUT2D eigenvalue weighted by Crippen LogP contribution is 2.35. The second kappa shape index (κ2) is 6.62. The molecule has 3 aromatic rings. The summed E-state index contributed by atoms with van der Waals surface area (Å²) in [7, 11) is 0. The molecular weight excluding hydrogens is 374 g/mol. The summed E-state index contributed by atoms with van der Waals surface area (Å²) >= 11 is 24.0. The molecular formula is C18H10Cl4O. The lowest BCUT2D eigenvalue weighted by molar-refractivity contribution is 0.476. The molecule has 116 valence electrons. The van der Waals surface area contributed by atoms with Gasteiger partial charge in [-0.15, -0.1) is 0 Å². The molecule has 0 amide bonds. The van der Waals surface area contributed by atoms with Crippen LogP contribution in [-0.2, 0) is 0 Å². The second-order valence-electron chi connectivity index (χ2n) is 5.03. The summed E-state index contributed by atoms with van der Waals surface area (Å²) in [4.78, 5) is 0. The zero-order valence-corrected chi connectivity index (χ0v) is 14.7. The summed E-state index contributed by atoms with van der Waals surface area (Å²) in [5.41, 5.74) is 3.36. The number of benzene rings is 3. The molecule has 0 aliphatic heterocycles. The number of halogens is 4. The van der Waals surface area contributed by atoms with Gasteiger partial charge in [-0.25, -0.2) is 0 Å². The summed E-state index contributed by atoms with van der Waals surface area (Å²) in [6, 6.07) is 15.9. The fourth-order valence-electron chi connectivity index (χ4n) is 2.30. The molecule has 0 unspecified atom stereocenters. The summed E-state index contributed by atoms with van der Waals surface area (Å²) in [6.07, 6.45) is 0. The highest BCUT2D eigenvalue weighted by Gasteiger charge is 2.08. The minimum atomic E-state index is 0.148. The molecule has 0 fully saturated rings. The molecule has 0 atom stereocenters. The van der Waals surface area contributed by atoms with Crippen LogP contribution >= 0.6 is 46.4 Å². The second-order valence-corrected chi connectivity index (χ2v) is 6.66. The van der Waals surface area contributed by atoms with Crippen LogP contribution in [0, 0.1) is 0 Å². The van der Waals surface area contributed by atoms with Gasteiger partial charge < -0.3 is 5.11 Å². The number of rotatable bonds is 2. The molecule has 0 radical (unpaired) electrons. The number of phenolic OH excluding ortho intramolecular Hbond substituents is 1. The Morgan fingerprint density at radius 3 is 1.30 bits per heavy atom. The van der Waals surface area contributed by atoms with Crippen molar-refractivity contribution in [3.05, 3.63) is 74.7 Å². The summed E-state index contributed by atoms with van der Waals surface area (Å²) in [6.45, 7) is 0. The van der Waals surface area contributed by atoms with Crippen molar-refractivity contribution in [3.8, 4) is 28.0 Å². The molecule has 0 aliphatic carbocycles. The third kappa shape index (κ3) is 3.59. The third-order valence-corrected chi connectivity index (χ3v) is 4.90. The first kappa shape index (κ1) is 16.5.